The van der Waals surface area contributed by atoms with Crippen molar-refractivity contribution in [3.63, 3.8) is 0 Å². The van der Waals surface area contributed by atoms with Crippen molar-refractivity contribution < 1.29 is 0 Å². The summed E-state index contributed by atoms with van der Waals surface area (Å²) in [7, 11) is 1.84. The van der Waals surface area contributed by atoms with Gasteiger partial charge < -0.3 is 16.0 Å². The summed E-state index contributed by atoms with van der Waals surface area (Å²) in [6, 6.07) is 1.96. The molecule has 0 amide bonds. The molecule has 1 unspecified atom stereocenters. The number of rotatable bonds is 3. The molecule has 94 valence electrons. The van der Waals surface area contributed by atoms with Crippen molar-refractivity contribution in [2.45, 2.75) is 18.6 Å². The van der Waals surface area contributed by atoms with Crippen LogP contribution in [0.2, 0.25) is 0 Å². The Morgan fingerprint density at radius 3 is 3.12 bits per heavy atom. The topological polar surface area (TPSA) is 67.1 Å². The summed E-state index contributed by atoms with van der Waals surface area (Å²) in [4.78, 5) is 10.7. The van der Waals surface area contributed by atoms with E-state index in [-0.39, 0.29) is 0 Å². The highest BCUT2D eigenvalue weighted by Gasteiger charge is 2.20. The van der Waals surface area contributed by atoms with Crippen LogP contribution in [-0.4, -0.2) is 41.1 Å². The first-order chi connectivity index (χ1) is 8.22. The Labute approximate surface area is 106 Å². The van der Waals surface area contributed by atoms with E-state index in [4.69, 9.17) is 5.73 Å². The van der Waals surface area contributed by atoms with Gasteiger partial charge in [0.25, 0.3) is 0 Å². The second kappa shape index (κ2) is 5.44. The third kappa shape index (κ3) is 2.94. The molecule has 0 saturated carbocycles. The van der Waals surface area contributed by atoms with Crippen molar-refractivity contribution in [3.05, 3.63) is 6.07 Å². The normalized spacial score (nSPS) is 20.4. The molecule has 6 heteroatoms. The molecular weight excluding hydrogens is 234 g/mol. The van der Waals surface area contributed by atoms with Gasteiger partial charge in [-0.3, -0.25) is 0 Å². The maximum absolute atomic E-state index is 5.71. The Hall–Kier alpha value is -1.17. The predicted molar refractivity (Wildman–Crippen MR) is 74.7 cm³/mol. The smallest absolute Gasteiger partial charge is 0.223 e. The minimum absolute atomic E-state index is 0.332. The Morgan fingerprint density at radius 1 is 1.59 bits per heavy atom. The van der Waals surface area contributed by atoms with E-state index < -0.39 is 0 Å². The molecule has 1 fully saturated rings. The van der Waals surface area contributed by atoms with Crippen LogP contribution < -0.4 is 16.0 Å². The Balaban J connectivity index is 2.18. The molecule has 1 aliphatic heterocycles. The quantitative estimate of drug-likeness (QED) is 0.849. The summed E-state index contributed by atoms with van der Waals surface area (Å²) in [5.41, 5.74) is 5.71. The van der Waals surface area contributed by atoms with Crippen LogP contribution in [0.15, 0.2) is 6.07 Å². The molecule has 2 rings (SSSR count). The van der Waals surface area contributed by atoms with Gasteiger partial charge in [0, 0.05) is 37.2 Å². The minimum Gasteiger partial charge on any atom is -0.373 e. The van der Waals surface area contributed by atoms with Gasteiger partial charge in [0.2, 0.25) is 5.95 Å². The molecule has 0 spiro atoms. The monoisotopic (exact) mass is 253 g/mol. The summed E-state index contributed by atoms with van der Waals surface area (Å²) in [6.07, 6.45) is 1.20. The first-order valence-corrected chi connectivity index (χ1v) is 6.96. The van der Waals surface area contributed by atoms with E-state index in [0.29, 0.717) is 11.2 Å². The summed E-state index contributed by atoms with van der Waals surface area (Å²) in [6.45, 7) is 4.30. The lowest BCUT2D eigenvalue weighted by atomic mass is 10.3. The lowest BCUT2D eigenvalue weighted by Gasteiger charge is -2.32. The first kappa shape index (κ1) is 12.3. The summed E-state index contributed by atoms with van der Waals surface area (Å²) in [5.74, 6) is 3.19. The highest BCUT2D eigenvalue weighted by atomic mass is 32.2. The SMILES string of the molecule is CCC1CN(c2cc(NC)nc(N)n2)CCS1. The predicted octanol–water partition coefficient (Wildman–Crippen LogP) is 1.43. The van der Waals surface area contributed by atoms with Crippen molar-refractivity contribution in [2.75, 3.05) is 41.8 Å². The zero-order valence-electron chi connectivity index (χ0n) is 10.3. The van der Waals surface area contributed by atoms with E-state index >= 15 is 0 Å². The molecule has 1 aromatic heterocycles. The average molecular weight is 253 g/mol. The molecule has 1 aromatic rings. The van der Waals surface area contributed by atoms with E-state index in [2.05, 4.69) is 27.1 Å². The number of hydrogen-bond donors (Lipinski definition) is 2. The van der Waals surface area contributed by atoms with Crippen LogP contribution in [0.25, 0.3) is 0 Å². The Kier molecular flexibility index (Phi) is 3.93. The molecule has 1 atom stereocenters. The van der Waals surface area contributed by atoms with Gasteiger partial charge in [-0.15, -0.1) is 0 Å². The maximum atomic E-state index is 5.71. The van der Waals surface area contributed by atoms with Crippen molar-refractivity contribution >= 4 is 29.3 Å². The number of nitrogens with zero attached hydrogens (tertiary/aromatic N) is 3. The first-order valence-electron chi connectivity index (χ1n) is 5.91. The second-order valence-electron chi connectivity index (χ2n) is 4.07. The Bertz CT molecular complexity index is 384. The standard InChI is InChI=1S/C11H19N5S/c1-3-8-7-16(4-5-17-8)10-6-9(13-2)14-11(12)15-10/h6,8H,3-5,7H2,1-2H3,(H3,12,13,14,15). The molecule has 1 aliphatic rings. The van der Waals surface area contributed by atoms with Crippen LogP contribution in [0.3, 0.4) is 0 Å². The highest BCUT2D eigenvalue weighted by Crippen LogP contribution is 2.25. The van der Waals surface area contributed by atoms with Gasteiger partial charge in [0.1, 0.15) is 11.6 Å². The van der Waals surface area contributed by atoms with Crippen LogP contribution in [0.4, 0.5) is 17.6 Å². The van der Waals surface area contributed by atoms with Crippen LogP contribution in [0.1, 0.15) is 13.3 Å². The molecule has 17 heavy (non-hydrogen) atoms. The number of thioether (sulfide) groups is 1. The van der Waals surface area contributed by atoms with Crippen molar-refractivity contribution in [3.8, 4) is 0 Å². The Morgan fingerprint density at radius 2 is 2.41 bits per heavy atom. The maximum Gasteiger partial charge on any atom is 0.223 e. The lowest BCUT2D eigenvalue weighted by molar-refractivity contribution is 0.719. The van der Waals surface area contributed by atoms with Gasteiger partial charge in [0.15, 0.2) is 0 Å². The fourth-order valence-corrected chi connectivity index (χ4v) is 3.10. The fourth-order valence-electron chi connectivity index (χ4n) is 1.92. The zero-order valence-corrected chi connectivity index (χ0v) is 11.1. The van der Waals surface area contributed by atoms with E-state index in [1.807, 2.05) is 24.9 Å². The van der Waals surface area contributed by atoms with E-state index in [1.165, 1.54) is 6.42 Å². The molecule has 1 saturated heterocycles. The molecule has 0 bridgehead atoms. The summed E-state index contributed by atoms with van der Waals surface area (Å²) < 4.78 is 0. The van der Waals surface area contributed by atoms with Crippen molar-refractivity contribution in [2.24, 2.45) is 0 Å². The molecular formula is C11H19N5S. The number of nitrogen functional groups attached to an aromatic ring is 1. The second-order valence-corrected chi connectivity index (χ2v) is 5.47. The van der Waals surface area contributed by atoms with E-state index in [9.17, 15) is 0 Å². The molecule has 5 nitrogen and oxygen atoms in total. The zero-order chi connectivity index (χ0) is 12.3. The van der Waals surface area contributed by atoms with Gasteiger partial charge in [-0.1, -0.05) is 6.92 Å². The van der Waals surface area contributed by atoms with E-state index in [1.54, 1.807) is 0 Å². The largest absolute Gasteiger partial charge is 0.373 e. The number of nitrogens with two attached hydrogens (primary N) is 1. The van der Waals surface area contributed by atoms with E-state index in [0.717, 1.165) is 30.5 Å². The fraction of sp³-hybridized carbons (Fsp3) is 0.636. The van der Waals surface area contributed by atoms with Gasteiger partial charge >= 0.3 is 0 Å². The molecule has 3 N–H and O–H groups in total. The summed E-state index contributed by atoms with van der Waals surface area (Å²) >= 11 is 2.04. The summed E-state index contributed by atoms with van der Waals surface area (Å²) in [5, 5.41) is 3.70. The third-order valence-electron chi connectivity index (χ3n) is 2.90. The number of aromatic nitrogens is 2. The third-order valence-corrected chi connectivity index (χ3v) is 4.28. The molecule has 0 aliphatic carbocycles. The van der Waals surface area contributed by atoms with Gasteiger partial charge in [-0.05, 0) is 6.42 Å². The lowest BCUT2D eigenvalue weighted by Crippen LogP contribution is -2.38. The number of nitrogens with one attached hydrogen (secondary N) is 1. The van der Waals surface area contributed by atoms with Gasteiger partial charge in [0.05, 0.1) is 0 Å². The number of hydrogen-bond acceptors (Lipinski definition) is 6. The molecule has 0 radical (unpaired) electrons. The highest BCUT2D eigenvalue weighted by molar-refractivity contribution is 8.00. The van der Waals surface area contributed by atoms with Gasteiger partial charge in [-0.25, -0.2) is 0 Å². The number of anilines is 3. The van der Waals surface area contributed by atoms with Gasteiger partial charge in [-0.2, -0.15) is 21.7 Å². The van der Waals surface area contributed by atoms with Crippen molar-refractivity contribution in [1.29, 1.82) is 0 Å². The van der Waals surface area contributed by atoms with Crippen LogP contribution in [0.5, 0.6) is 0 Å². The average Bonchev–Trinajstić information content (AvgIpc) is 2.38. The van der Waals surface area contributed by atoms with Crippen LogP contribution in [-0.2, 0) is 0 Å². The van der Waals surface area contributed by atoms with Crippen LogP contribution >= 0.6 is 11.8 Å². The van der Waals surface area contributed by atoms with Crippen LogP contribution in [0, 0.1) is 0 Å². The molecule has 2 heterocycles. The molecule has 0 aromatic carbocycles. The minimum atomic E-state index is 0.332. The van der Waals surface area contributed by atoms with Crippen molar-refractivity contribution in [1.82, 2.24) is 9.97 Å².